The van der Waals surface area contributed by atoms with Crippen molar-refractivity contribution in [3.63, 3.8) is 0 Å². The average Bonchev–Trinajstić information content (AvgIpc) is 2.61. The summed E-state index contributed by atoms with van der Waals surface area (Å²) in [5.41, 5.74) is 6.74. The topological polar surface area (TPSA) is 72.5 Å². The standard InChI is InChI=1S/C10H18N4OS.HI/c1-7(5-15-3)14-10(11)12-4-9-13-8(2)6-16-9;/h6-7H,4-5H2,1-3H3,(H3,11,12,14);1H. The summed E-state index contributed by atoms with van der Waals surface area (Å²) in [4.78, 5) is 8.51. The monoisotopic (exact) mass is 370 g/mol. The molecule has 0 saturated carbocycles. The van der Waals surface area contributed by atoms with Gasteiger partial charge in [-0.05, 0) is 13.8 Å². The Balaban J connectivity index is 0.00000256. The van der Waals surface area contributed by atoms with Crippen molar-refractivity contribution in [3.8, 4) is 0 Å². The van der Waals surface area contributed by atoms with Crippen molar-refractivity contribution in [3.05, 3.63) is 16.1 Å². The molecule has 1 atom stereocenters. The molecule has 0 fully saturated rings. The Labute approximate surface area is 123 Å². The molecule has 0 amide bonds. The van der Waals surface area contributed by atoms with E-state index in [1.54, 1.807) is 18.4 Å². The Morgan fingerprint density at radius 3 is 2.94 bits per heavy atom. The number of thiazole rings is 1. The number of methoxy groups -OCH3 is 1. The molecule has 0 aliphatic heterocycles. The summed E-state index contributed by atoms with van der Waals surface area (Å²) in [5, 5.41) is 6.01. The summed E-state index contributed by atoms with van der Waals surface area (Å²) in [6.45, 7) is 5.08. The number of halogens is 1. The Morgan fingerprint density at radius 1 is 1.71 bits per heavy atom. The van der Waals surface area contributed by atoms with Crippen LogP contribution in [0.15, 0.2) is 10.4 Å². The number of nitrogens with two attached hydrogens (primary N) is 1. The van der Waals surface area contributed by atoms with E-state index in [-0.39, 0.29) is 30.0 Å². The van der Waals surface area contributed by atoms with Crippen molar-refractivity contribution in [1.29, 1.82) is 0 Å². The molecule has 0 saturated heterocycles. The van der Waals surface area contributed by atoms with Crippen molar-refractivity contribution in [2.45, 2.75) is 26.4 Å². The van der Waals surface area contributed by atoms with Gasteiger partial charge >= 0.3 is 0 Å². The van der Waals surface area contributed by atoms with Crippen LogP contribution >= 0.6 is 35.3 Å². The summed E-state index contributed by atoms with van der Waals surface area (Å²) in [6, 6.07) is 0.159. The zero-order valence-electron chi connectivity index (χ0n) is 10.3. The third-order valence-electron chi connectivity index (χ3n) is 1.86. The van der Waals surface area contributed by atoms with Crippen molar-refractivity contribution in [1.82, 2.24) is 10.3 Å². The molecule has 0 aromatic carbocycles. The van der Waals surface area contributed by atoms with Crippen LogP contribution in [0.2, 0.25) is 0 Å². The van der Waals surface area contributed by atoms with E-state index < -0.39 is 0 Å². The summed E-state index contributed by atoms with van der Waals surface area (Å²) >= 11 is 1.59. The first-order chi connectivity index (χ1) is 7.61. The van der Waals surface area contributed by atoms with E-state index in [2.05, 4.69) is 15.3 Å². The number of aromatic nitrogens is 1. The van der Waals surface area contributed by atoms with E-state index in [0.29, 0.717) is 19.1 Å². The molecule has 0 aliphatic carbocycles. The highest BCUT2D eigenvalue weighted by Crippen LogP contribution is 2.09. The van der Waals surface area contributed by atoms with Crippen LogP contribution in [-0.4, -0.2) is 30.7 Å². The fourth-order valence-corrected chi connectivity index (χ4v) is 1.91. The van der Waals surface area contributed by atoms with Crippen LogP contribution in [0.1, 0.15) is 17.6 Å². The highest BCUT2D eigenvalue weighted by molar-refractivity contribution is 14.0. The largest absolute Gasteiger partial charge is 0.383 e. The lowest BCUT2D eigenvalue weighted by Gasteiger charge is -2.12. The number of aryl methyl sites for hydroxylation is 1. The van der Waals surface area contributed by atoms with Crippen molar-refractivity contribution >= 4 is 41.3 Å². The number of nitrogens with one attached hydrogen (secondary N) is 1. The molecule has 7 heteroatoms. The average molecular weight is 370 g/mol. The summed E-state index contributed by atoms with van der Waals surface area (Å²) in [6.07, 6.45) is 0. The van der Waals surface area contributed by atoms with Crippen molar-refractivity contribution in [2.24, 2.45) is 10.7 Å². The lowest BCUT2D eigenvalue weighted by molar-refractivity contribution is 0.179. The molecule has 1 aromatic rings. The van der Waals surface area contributed by atoms with Gasteiger partial charge in [0.25, 0.3) is 0 Å². The predicted molar refractivity (Wildman–Crippen MR) is 82.1 cm³/mol. The summed E-state index contributed by atoms with van der Waals surface area (Å²) in [7, 11) is 1.66. The number of nitrogens with zero attached hydrogens (tertiary/aromatic N) is 2. The van der Waals surface area contributed by atoms with Crippen LogP contribution in [0.25, 0.3) is 0 Å². The number of hydrogen-bond donors (Lipinski definition) is 2. The maximum Gasteiger partial charge on any atom is 0.189 e. The van der Waals surface area contributed by atoms with E-state index in [1.165, 1.54) is 0 Å². The molecule has 0 radical (unpaired) electrons. The Hall–Kier alpha value is -0.410. The molecule has 17 heavy (non-hydrogen) atoms. The smallest absolute Gasteiger partial charge is 0.189 e. The summed E-state index contributed by atoms with van der Waals surface area (Å²) in [5.74, 6) is 0.428. The maximum atomic E-state index is 5.72. The van der Waals surface area contributed by atoms with Crippen molar-refractivity contribution in [2.75, 3.05) is 13.7 Å². The second-order valence-electron chi connectivity index (χ2n) is 3.58. The highest BCUT2D eigenvalue weighted by Gasteiger charge is 2.02. The normalized spacial score (nSPS) is 13.0. The van der Waals surface area contributed by atoms with Gasteiger partial charge in [-0.15, -0.1) is 35.3 Å². The molecule has 0 spiro atoms. The van der Waals surface area contributed by atoms with Gasteiger partial charge in [0.1, 0.15) is 5.01 Å². The zero-order chi connectivity index (χ0) is 12.0. The molecule has 1 heterocycles. The van der Waals surface area contributed by atoms with Crippen LogP contribution < -0.4 is 11.1 Å². The highest BCUT2D eigenvalue weighted by atomic mass is 127. The lowest BCUT2D eigenvalue weighted by Crippen LogP contribution is -2.40. The van der Waals surface area contributed by atoms with Crippen molar-refractivity contribution < 1.29 is 4.74 Å². The Kier molecular flexibility index (Phi) is 8.44. The lowest BCUT2D eigenvalue weighted by atomic mass is 10.4. The number of ether oxygens (including phenoxy) is 1. The van der Waals surface area contributed by atoms with Gasteiger partial charge in [-0.1, -0.05) is 0 Å². The third-order valence-corrected chi connectivity index (χ3v) is 2.81. The number of guanidine groups is 1. The number of rotatable bonds is 5. The zero-order valence-corrected chi connectivity index (χ0v) is 13.4. The molecular formula is C10H19IN4OS. The molecule has 1 rings (SSSR count). The van der Waals surface area contributed by atoms with Gasteiger partial charge in [0.05, 0.1) is 13.2 Å². The van der Waals surface area contributed by atoms with Gasteiger partial charge < -0.3 is 15.8 Å². The number of hydrogen-bond acceptors (Lipinski definition) is 4. The SMILES string of the molecule is COCC(C)NC(N)=NCc1nc(C)cs1.I. The fourth-order valence-electron chi connectivity index (χ4n) is 1.22. The third kappa shape index (κ3) is 6.79. The first kappa shape index (κ1) is 16.6. The Bertz CT molecular complexity index is 356. The minimum absolute atomic E-state index is 0. The van der Waals surface area contributed by atoms with Crippen LogP contribution in [0, 0.1) is 6.92 Å². The van der Waals surface area contributed by atoms with E-state index in [0.717, 1.165) is 10.7 Å². The maximum absolute atomic E-state index is 5.72. The minimum atomic E-state index is 0. The van der Waals surface area contributed by atoms with E-state index >= 15 is 0 Å². The second-order valence-corrected chi connectivity index (χ2v) is 4.53. The predicted octanol–water partition coefficient (Wildman–Crippen LogP) is 1.51. The molecule has 0 bridgehead atoms. The van der Waals surface area contributed by atoms with Crippen LogP contribution in [0.4, 0.5) is 0 Å². The minimum Gasteiger partial charge on any atom is -0.383 e. The quantitative estimate of drug-likeness (QED) is 0.468. The molecule has 3 N–H and O–H groups in total. The second kappa shape index (κ2) is 8.65. The van der Waals surface area contributed by atoms with E-state index in [9.17, 15) is 0 Å². The molecular weight excluding hydrogens is 351 g/mol. The van der Waals surface area contributed by atoms with Gasteiger partial charge in [-0.25, -0.2) is 9.98 Å². The fraction of sp³-hybridized carbons (Fsp3) is 0.600. The molecule has 1 aromatic heterocycles. The first-order valence-corrected chi connectivity index (χ1v) is 5.96. The van der Waals surface area contributed by atoms with Gasteiger partial charge in [-0.3, -0.25) is 0 Å². The van der Waals surface area contributed by atoms with E-state index in [1.807, 2.05) is 19.2 Å². The molecule has 1 unspecified atom stereocenters. The number of aliphatic imine (C=N–C) groups is 1. The Morgan fingerprint density at radius 2 is 2.41 bits per heavy atom. The van der Waals surface area contributed by atoms with Gasteiger partial charge in [0, 0.05) is 24.2 Å². The first-order valence-electron chi connectivity index (χ1n) is 5.08. The van der Waals surface area contributed by atoms with Gasteiger partial charge in [0.15, 0.2) is 5.96 Å². The molecule has 0 aliphatic rings. The molecule has 98 valence electrons. The molecule has 5 nitrogen and oxygen atoms in total. The van der Waals surface area contributed by atoms with Gasteiger partial charge in [-0.2, -0.15) is 0 Å². The summed E-state index contributed by atoms with van der Waals surface area (Å²) < 4.78 is 4.99. The van der Waals surface area contributed by atoms with E-state index in [4.69, 9.17) is 10.5 Å². The van der Waals surface area contributed by atoms with Gasteiger partial charge in [0.2, 0.25) is 0 Å². The van der Waals surface area contributed by atoms with Crippen LogP contribution in [0.5, 0.6) is 0 Å². The van der Waals surface area contributed by atoms with Crippen LogP contribution in [-0.2, 0) is 11.3 Å². The van der Waals surface area contributed by atoms with Crippen LogP contribution in [0.3, 0.4) is 0 Å².